The van der Waals surface area contributed by atoms with E-state index < -0.39 is 18.1 Å². The van der Waals surface area contributed by atoms with Crippen LogP contribution < -0.4 is 0 Å². The topological polar surface area (TPSA) is 99.1 Å². The van der Waals surface area contributed by atoms with E-state index >= 15 is 0 Å². The molecule has 0 amide bonds. The molecule has 1 N–H and O–H groups in total. The second kappa shape index (κ2) is 46.3. The number of hydrogen-bond donors (Lipinski definition) is 1. The molecule has 0 aromatic carbocycles. The van der Waals surface area contributed by atoms with Gasteiger partial charge in [-0.25, -0.2) is 4.79 Å². The van der Waals surface area contributed by atoms with Gasteiger partial charge in [-0.3, -0.25) is 9.59 Å². The molecule has 2 unspecified atom stereocenters. The highest BCUT2D eigenvalue weighted by Gasteiger charge is 2.31. The van der Waals surface area contributed by atoms with Gasteiger partial charge in [0.25, 0.3) is 0 Å². The maximum absolute atomic E-state index is 12.8. The van der Waals surface area contributed by atoms with E-state index in [2.05, 4.69) is 86.8 Å². The van der Waals surface area contributed by atoms with Gasteiger partial charge in [0.05, 0.1) is 34.4 Å². The lowest BCUT2D eigenvalue weighted by atomic mass is 10.0. The fourth-order valence-corrected chi connectivity index (χ4v) is 7.35. The second-order valence-electron chi connectivity index (χ2n) is 18.4. The Balaban J connectivity index is 4.25. The molecule has 0 rings (SSSR count). The molecule has 0 saturated carbocycles. The first-order chi connectivity index (χ1) is 31.1. The molecule has 0 heterocycles. The molecule has 0 fully saturated rings. The fourth-order valence-electron chi connectivity index (χ4n) is 7.35. The Morgan fingerprint density at radius 1 is 0.484 bits per heavy atom. The predicted octanol–water partition coefficient (Wildman–Crippen LogP) is 15.1. The summed E-state index contributed by atoms with van der Waals surface area (Å²) >= 11 is 0. The van der Waals surface area contributed by atoms with E-state index in [9.17, 15) is 19.5 Å². The summed E-state index contributed by atoms with van der Waals surface area (Å²) in [6.07, 6.45) is 59.5. The molecular formula is C56H98NO7+. The van der Waals surface area contributed by atoms with Gasteiger partial charge in [0, 0.05) is 19.3 Å². The molecule has 0 aromatic heterocycles. The molecule has 0 radical (unpaired) electrons. The number of unbranched alkanes of at least 4 members (excludes halogenated alkanes) is 20. The van der Waals surface area contributed by atoms with Crippen molar-refractivity contribution in [2.75, 3.05) is 41.0 Å². The molecule has 368 valence electrons. The standard InChI is InChI=1S/C56H97NO7/c1-6-8-10-12-14-16-18-20-22-24-25-26-27-28-29-31-32-34-36-38-40-42-44-46-54(58)63-51-52(50-62-49-48-53(56(60)61)57(3,4)5)64-55(59)47-45-43-41-39-37-35-33-30-23-21-19-17-15-13-11-9-7-2/h9,11,15,17-18,20-21,23-25,33,35,52-53H,6-8,10,12-14,16,19,22,26-32,34,36-51H2,1-5H3/p+1/b11-9-,17-15-,20-18-,23-21-,25-24-,35-33-. The molecule has 0 aromatic rings. The Bertz CT molecular complexity index is 1270. The van der Waals surface area contributed by atoms with Crippen LogP contribution in [-0.2, 0) is 28.6 Å². The van der Waals surface area contributed by atoms with Crippen LogP contribution in [0.5, 0.6) is 0 Å². The number of carbonyl (C=O) groups is 3. The van der Waals surface area contributed by atoms with Crippen molar-refractivity contribution in [3.63, 3.8) is 0 Å². The van der Waals surface area contributed by atoms with Crippen LogP contribution >= 0.6 is 0 Å². The maximum Gasteiger partial charge on any atom is 0.362 e. The summed E-state index contributed by atoms with van der Waals surface area (Å²) in [5.41, 5.74) is 0. The van der Waals surface area contributed by atoms with Crippen LogP contribution in [0, 0.1) is 0 Å². The van der Waals surface area contributed by atoms with E-state index in [4.69, 9.17) is 14.2 Å². The zero-order valence-corrected chi connectivity index (χ0v) is 42.0. The van der Waals surface area contributed by atoms with Crippen LogP contribution in [0.4, 0.5) is 0 Å². The summed E-state index contributed by atoms with van der Waals surface area (Å²) in [5, 5.41) is 9.65. The summed E-state index contributed by atoms with van der Waals surface area (Å²) in [4.78, 5) is 37.2. The third kappa shape index (κ3) is 44.0. The van der Waals surface area contributed by atoms with Crippen LogP contribution in [0.15, 0.2) is 72.9 Å². The lowest BCUT2D eigenvalue weighted by Gasteiger charge is -2.31. The minimum Gasteiger partial charge on any atom is -0.477 e. The number of carbonyl (C=O) groups excluding carboxylic acids is 2. The lowest BCUT2D eigenvalue weighted by molar-refractivity contribution is -0.887. The highest BCUT2D eigenvalue weighted by molar-refractivity contribution is 5.72. The number of carboxylic acids is 1. The number of quaternary nitrogens is 1. The van der Waals surface area contributed by atoms with E-state index in [1.54, 1.807) is 0 Å². The second-order valence-corrected chi connectivity index (χ2v) is 18.4. The minimum atomic E-state index is -0.881. The van der Waals surface area contributed by atoms with Crippen LogP contribution in [0.3, 0.4) is 0 Å². The third-order valence-electron chi connectivity index (χ3n) is 11.3. The smallest absolute Gasteiger partial charge is 0.362 e. The average molecular weight is 897 g/mol. The zero-order chi connectivity index (χ0) is 47.0. The fraction of sp³-hybridized carbons (Fsp3) is 0.732. The molecule has 64 heavy (non-hydrogen) atoms. The SMILES string of the molecule is CC/C=C\C/C=C\C/C=C\C/C=C\CCCCCCC(=O)OC(COCCC(C(=O)O)[N+](C)(C)C)COC(=O)CCCCCCCCCCCCC/C=C\C/C=C\CCCCCCC. The molecule has 0 aliphatic rings. The van der Waals surface area contributed by atoms with Gasteiger partial charge in [0.2, 0.25) is 0 Å². The quantitative estimate of drug-likeness (QED) is 0.0281. The Hall–Kier alpha value is -3.23. The Morgan fingerprint density at radius 3 is 1.30 bits per heavy atom. The minimum absolute atomic E-state index is 0.0478. The van der Waals surface area contributed by atoms with Crippen LogP contribution in [0.25, 0.3) is 0 Å². The van der Waals surface area contributed by atoms with E-state index in [-0.39, 0.29) is 36.2 Å². The van der Waals surface area contributed by atoms with Crippen molar-refractivity contribution < 1.29 is 38.2 Å². The highest BCUT2D eigenvalue weighted by Crippen LogP contribution is 2.15. The number of ether oxygens (including phenoxy) is 3. The molecule has 0 aliphatic heterocycles. The summed E-state index contributed by atoms with van der Waals surface area (Å²) < 4.78 is 17.3. The van der Waals surface area contributed by atoms with E-state index in [0.29, 0.717) is 19.3 Å². The number of nitrogens with zero attached hydrogens (tertiary/aromatic N) is 1. The Labute approximate surface area is 393 Å². The highest BCUT2D eigenvalue weighted by atomic mass is 16.6. The van der Waals surface area contributed by atoms with E-state index in [1.807, 2.05) is 21.1 Å². The summed E-state index contributed by atoms with van der Waals surface area (Å²) in [6, 6.07) is -0.623. The van der Waals surface area contributed by atoms with Crippen molar-refractivity contribution in [3.8, 4) is 0 Å². The Kier molecular flexibility index (Phi) is 44.0. The lowest BCUT2D eigenvalue weighted by Crippen LogP contribution is -2.50. The largest absolute Gasteiger partial charge is 0.477 e. The monoisotopic (exact) mass is 897 g/mol. The molecule has 2 atom stereocenters. The van der Waals surface area contributed by atoms with Crippen molar-refractivity contribution in [2.45, 2.75) is 225 Å². The van der Waals surface area contributed by atoms with Gasteiger partial charge in [0.1, 0.15) is 6.61 Å². The molecule has 0 bridgehead atoms. The number of hydrogen-bond acceptors (Lipinski definition) is 6. The third-order valence-corrected chi connectivity index (χ3v) is 11.3. The Morgan fingerprint density at radius 2 is 0.875 bits per heavy atom. The van der Waals surface area contributed by atoms with Gasteiger partial charge in [-0.15, -0.1) is 0 Å². The van der Waals surface area contributed by atoms with Crippen molar-refractivity contribution in [1.82, 2.24) is 0 Å². The molecule has 8 nitrogen and oxygen atoms in total. The van der Waals surface area contributed by atoms with Crippen LogP contribution in [-0.4, -0.2) is 80.6 Å². The van der Waals surface area contributed by atoms with Crippen LogP contribution in [0.1, 0.15) is 213 Å². The van der Waals surface area contributed by atoms with Crippen molar-refractivity contribution in [1.29, 1.82) is 0 Å². The van der Waals surface area contributed by atoms with Gasteiger partial charge in [-0.1, -0.05) is 183 Å². The average Bonchev–Trinajstić information content (AvgIpc) is 3.26. The van der Waals surface area contributed by atoms with E-state index in [1.165, 1.54) is 96.3 Å². The van der Waals surface area contributed by atoms with Crippen molar-refractivity contribution in [3.05, 3.63) is 72.9 Å². The first-order valence-electron chi connectivity index (χ1n) is 26.0. The maximum atomic E-state index is 12.8. The number of allylic oxidation sites excluding steroid dienone is 12. The summed E-state index contributed by atoms with van der Waals surface area (Å²) in [7, 11) is 5.52. The number of rotatable bonds is 46. The molecule has 8 heteroatoms. The van der Waals surface area contributed by atoms with E-state index in [0.717, 1.165) is 83.5 Å². The van der Waals surface area contributed by atoms with Crippen molar-refractivity contribution >= 4 is 17.9 Å². The zero-order valence-electron chi connectivity index (χ0n) is 42.0. The van der Waals surface area contributed by atoms with Gasteiger partial charge < -0.3 is 23.8 Å². The van der Waals surface area contributed by atoms with Crippen LogP contribution in [0.2, 0.25) is 0 Å². The number of carboxylic acid groups (broad SMARTS) is 1. The number of likely N-dealkylation sites (N-methyl/N-ethyl adjacent to an activating group) is 1. The van der Waals surface area contributed by atoms with Gasteiger partial charge in [-0.05, 0) is 83.5 Å². The normalized spacial score (nSPS) is 13.5. The molecule has 0 aliphatic carbocycles. The number of esters is 2. The molecule has 0 spiro atoms. The molecular weight excluding hydrogens is 799 g/mol. The predicted molar refractivity (Wildman–Crippen MR) is 270 cm³/mol. The van der Waals surface area contributed by atoms with Gasteiger partial charge in [0.15, 0.2) is 12.1 Å². The van der Waals surface area contributed by atoms with Gasteiger partial charge >= 0.3 is 17.9 Å². The first kappa shape index (κ1) is 60.8. The summed E-state index contributed by atoms with van der Waals surface area (Å²) in [6.45, 7) is 4.59. The first-order valence-corrected chi connectivity index (χ1v) is 26.0. The van der Waals surface area contributed by atoms with Gasteiger partial charge in [-0.2, -0.15) is 0 Å². The number of aliphatic carboxylic acids is 1. The molecule has 0 saturated heterocycles. The van der Waals surface area contributed by atoms with Crippen molar-refractivity contribution in [2.24, 2.45) is 0 Å². The summed E-state index contributed by atoms with van der Waals surface area (Å²) in [5.74, 6) is -1.50.